The average molecular weight is 166 g/mol. The lowest BCUT2D eigenvalue weighted by atomic mass is 9.80. The zero-order valence-electron chi connectivity index (χ0n) is 7.29. The Bertz CT molecular complexity index is 263. The minimum absolute atomic E-state index is 0.0249. The second kappa shape index (κ2) is 2.90. The van der Waals surface area contributed by atoms with E-state index in [4.69, 9.17) is 10.3 Å². The van der Waals surface area contributed by atoms with Gasteiger partial charge in [-0.2, -0.15) is 0 Å². The summed E-state index contributed by atoms with van der Waals surface area (Å²) in [7, 11) is 0. The summed E-state index contributed by atoms with van der Waals surface area (Å²) in [6.45, 7) is 1.93. The third kappa shape index (κ3) is 1.14. The van der Waals surface area contributed by atoms with Crippen LogP contribution in [0.5, 0.6) is 0 Å². The van der Waals surface area contributed by atoms with E-state index in [1.807, 2.05) is 13.1 Å². The SMILES string of the molecule is CC(N)c1oncc1C1CCC1. The summed E-state index contributed by atoms with van der Waals surface area (Å²) in [5, 5.41) is 3.79. The fourth-order valence-electron chi connectivity index (χ4n) is 1.63. The first-order chi connectivity index (χ1) is 5.79. The summed E-state index contributed by atoms with van der Waals surface area (Å²) in [5.41, 5.74) is 6.97. The summed E-state index contributed by atoms with van der Waals surface area (Å²) in [4.78, 5) is 0. The first kappa shape index (κ1) is 7.80. The highest BCUT2D eigenvalue weighted by atomic mass is 16.5. The van der Waals surface area contributed by atoms with Crippen molar-refractivity contribution in [2.24, 2.45) is 5.73 Å². The number of nitrogens with two attached hydrogens (primary N) is 1. The van der Waals surface area contributed by atoms with Crippen molar-refractivity contribution in [3.05, 3.63) is 17.5 Å². The van der Waals surface area contributed by atoms with Crippen molar-refractivity contribution >= 4 is 0 Å². The molecular formula is C9H14N2O. The molecular weight excluding hydrogens is 152 g/mol. The van der Waals surface area contributed by atoms with Crippen LogP contribution >= 0.6 is 0 Å². The van der Waals surface area contributed by atoms with Gasteiger partial charge in [0, 0.05) is 5.56 Å². The van der Waals surface area contributed by atoms with Crippen molar-refractivity contribution in [2.45, 2.75) is 38.1 Å². The molecule has 1 unspecified atom stereocenters. The molecule has 1 fully saturated rings. The van der Waals surface area contributed by atoms with E-state index in [1.165, 1.54) is 24.8 Å². The van der Waals surface area contributed by atoms with Gasteiger partial charge in [0.2, 0.25) is 0 Å². The van der Waals surface area contributed by atoms with Gasteiger partial charge in [0.1, 0.15) is 0 Å². The Labute approximate surface area is 71.9 Å². The molecule has 3 nitrogen and oxygen atoms in total. The number of nitrogens with zero attached hydrogens (tertiary/aromatic N) is 1. The first-order valence-corrected chi connectivity index (χ1v) is 4.49. The molecule has 1 saturated carbocycles. The van der Waals surface area contributed by atoms with E-state index >= 15 is 0 Å². The Morgan fingerprint density at radius 1 is 1.67 bits per heavy atom. The van der Waals surface area contributed by atoms with Crippen LogP contribution in [-0.4, -0.2) is 5.16 Å². The lowest BCUT2D eigenvalue weighted by molar-refractivity contribution is 0.354. The topological polar surface area (TPSA) is 52.0 Å². The molecule has 3 heteroatoms. The molecule has 1 heterocycles. The van der Waals surface area contributed by atoms with Crippen LogP contribution in [0.1, 0.15) is 49.5 Å². The zero-order chi connectivity index (χ0) is 8.55. The summed E-state index contributed by atoms with van der Waals surface area (Å²) >= 11 is 0. The highest BCUT2D eigenvalue weighted by Crippen LogP contribution is 2.38. The summed E-state index contributed by atoms with van der Waals surface area (Å²) in [6.07, 6.45) is 5.68. The quantitative estimate of drug-likeness (QED) is 0.730. The maximum atomic E-state index is 5.74. The summed E-state index contributed by atoms with van der Waals surface area (Å²) in [6, 6.07) is -0.0249. The fourth-order valence-corrected chi connectivity index (χ4v) is 1.63. The number of hydrogen-bond donors (Lipinski definition) is 1. The molecule has 0 saturated heterocycles. The van der Waals surface area contributed by atoms with Crippen molar-refractivity contribution in [2.75, 3.05) is 0 Å². The van der Waals surface area contributed by atoms with Gasteiger partial charge in [-0.15, -0.1) is 0 Å². The fraction of sp³-hybridized carbons (Fsp3) is 0.667. The molecule has 1 aliphatic rings. The van der Waals surface area contributed by atoms with Crippen LogP contribution in [0.25, 0.3) is 0 Å². The summed E-state index contributed by atoms with van der Waals surface area (Å²) in [5.74, 6) is 1.54. The second-order valence-electron chi connectivity index (χ2n) is 3.56. The number of hydrogen-bond acceptors (Lipinski definition) is 3. The number of aromatic nitrogens is 1. The minimum atomic E-state index is -0.0249. The molecule has 1 aromatic rings. The van der Waals surface area contributed by atoms with Gasteiger partial charge in [0.25, 0.3) is 0 Å². The van der Waals surface area contributed by atoms with Crippen molar-refractivity contribution in [3.63, 3.8) is 0 Å². The Morgan fingerprint density at radius 3 is 2.92 bits per heavy atom. The van der Waals surface area contributed by atoms with Crippen LogP contribution in [-0.2, 0) is 0 Å². The highest BCUT2D eigenvalue weighted by Gasteiger charge is 2.25. The van der Waals surface area contributed by atoms with Crippen LogP contribution in [0, 0.1) is 0 Å². The standard InChI is InChI=1S/C9H14N2O/c1-6(10)9-8(5-11-12-9)7-3-2-4-7/h5-7H,2-4,10H2,1H3. The predicted molar refractivity (Wildman–Crippen MR) is 45.7 cm³/mol. The molecule has 0 aliphatic heterocycles. The molecule has 66 valence electrons. The van der Waals surface area contributed by atoms with Crippen molar-refractivity contribution in [1.82, 2.24) is 5.16 Å². The van der Waals surface area contributed by atoms with Crippen LogP contribution in [0.15, 0.2) is 10.7 Å². The average Bonchev–Trinajstić information content (AvgIpc) is 2.31. The van der Waals surface area contributed by atoms with Gasteiger partial charge < -0.3 is 10.3 Å². The molecule has 2 rings (SSSR count). The van der Waals surface area contributed by atoms with Crippen molar-refractivity contribution in [1.29, 1.82) is 0 Å². The third-order valence-electron chi connectivity index (χ3n) is 2.59. The van der Waals surface area contributed by atoms with Crippen LogP contribution in [0.2, 0.25) is 0 Å². The smallest absolute Gasteiger partial charge is 0.156 e. The van der Waals surface area contributed by atoms with Gasteiger partial charge in [-0.25, -0.2) is 0 Å². The van der Waals surface area contributed by atoms with Gasteiger partial charge >= 0.3 is 0 Å². The van der Waals surface area contributed by atoms with Crippen molar-refractivity contribution < 1.29 is 4.52 Å². The lowest BCUT2D eigenvalue weighted by Gasteiger charge is -2.25. The Hall–Kier alpha value is -0.830. The third-order valence-corrected chi connectivity index (χ3v) is 2.59. The lowest BCUT2D eigenvalue weighted by Crippen LogP contribution is -2.13. The molecule has 0 aromatic carbocycles. The molecule has 0 amide bonds. The van der Waals surface area contributed by atoms with Crippen LogP contribution in [0.3, 0.4) is 0 Å². The van der Waals surface area contributed by atoms with Crippen molar-refractivity contribution in [3.8, 4) is 0 Å². The van der Waals surface area contributed by atoms with E-state index in [-0.39, 0.29) is 6.04 Å². The molecule has 1 atom stereocenters. The van der Waals surface area contributed by atoms with E-state index < -0.39 is 0 Å². The largest absolute Gasteiger partial charge is 0.359 e. The maximum absolute atomic E-state index is 5.74. The minimum Gasteiger partial charge on any atom is -0.359 e. The first-order valence-electron chi connectivity index (χ1n) is 4.49. The molecule has 12 heavy (non-hydrogen) atoms. The monoisotopic (exact) mass is 166 g/mol. The van der Waals surface area contributed by atoms with Gasteiger partial charge in [0.05, 0.1) is 12.2 Å². The zero-order valence-corrected chi connectivity index (χ0v) is 7.29. The molecule has 0 radical (unpaired) electrons. The molecule has 0 bridgehead atoms. The van der Waals surface area contributed by atoms with Gasteiger partial charge in [-0.3, -0.25) is 0 Å². The van der Waals surface area contributed by atoms with E-state index in [0.717, 1.165) is 5.76 Å². The van der Waals surface area contributed by atoms with Gasteiger partial charge in [-0.05, 0) is 25.7 Å². The molecule has 1 aliphatic carbocycles. The normalized spacial score (nSPS) is 20.5. The highest BCUT2D eigenvalue weighted by molar-refractivity contribution is 5.23. The van der Waals surface area contributed by atoms with E-state index in [0.29, 0.717) is 5.92 Å². The Kier molecular flexibility index (Phi) is 1.89. The summed E-state index contributed by atoms with van der Waals surface area (Å²) < 4.78 is 5.11. The second-order valence-corrected chi connectivity index (χ2v) is 3.56. The predicted octanol–water partition coefficient (Wildman–Crippen LogP) is 1.96. The van der Waals surface area contributed by atoms with Gasteiger partial charge in [0.15, 0.2) is 5.76 Å². The Balaban J connectivity index is 2.23. The van der Waals surface area contributed by atoms with Crippen LogP contribution < -0.4 is 5.73 Å². The molecule has 1 aromatic heterocycles. The van der Waals surface area contributed by atoms with E-state index in [2.05, 4.69) is 5.16 Å². The number of rotatable bonds is 2. The molecule has 2 N–H and O–H groups in total. The van der Waals surface area contributed by atoms with Gasteiger partial charge in [-0.1, -0.05) is 11.6 Å². The van der Waals surface area contributed by atoms with E-state index in [9.17, 15) is 0 Å². The van der Waals surface area contributed by atoms with Crippen LogP contribution in [0.4, 0.5) is 0 Å². The molecule has 0 spiro atoms. The maximum Gasteiger partial charge on any atom is 0.156 e. The van der Waals surface area contributed by atoms with E-state index in [1.54, 1.807) is 0 Å². The Morgan fingerprint density at radius 2 is 2.42 bits per heavy atom.